The molecule has 0 bridgehead atoms. The number of carboxylic acid groups (broad SMARTS) is 1. The van der Waals surface area contributed by atoms with Gasteiger partial charge in [0.15, 0.2) is 11.5 Å². The minimum Gasteiger partial charge on any atom is -0.492 e. The van der Waals surface area contributed by atoms with Crippen molar-refractivity contribution in [2.75, 3.05) is 13.4 Å². The summed E-state index contributed by atoms with van der Waals surface area (Å²) < 4.78 is 48.9. The fourth-order valence-electron chi connectivity index (χ4n) is 3.03. The molecule has 2 aliphatic heterocycles. The molecule has 4 rings (SSSR count). The topological polar surface area (TPSA) is 74.2 Å². The number of alkyl halides is 1. The van der Waals surface area contributed by atoms with E-state index >= 15 is 0 Å². The molecule has 0 amide bonds. The molecule has 1 N–H and O–H groups in total. The number of hydrogen-bond donors (Lipinski definition) is 1. The van der Waals surface area contributed by atoms with Gasteiger partial charge >= 0.3 is 5.97 Å². The number of hydrogen-bond acceptors (Lipinski definition) is 5. The van der Waals surface area contributed by atoms with Gasteiger partial charge in [-0.15, -0.1) is 0 Å². The number of halogens is 2. The fourth-order valence-corrected chi connectivity index (χ4v) is 3.03. The zero-order chi connectivity index (χ0) is 18.3. The first-order chi connectivity index (χ1) is 12.5. The molecule has 8 heteroatoms. The molecular formula is C18H14F2O6. The van der Waals surface area contributed by atoms with Gasteiger partial charge in [-0.25, -0.2) is 13.6 Å². The van der Waals surface area contributed by atoms with E-state index in [1.54, 1.807) is 18.2 Å². The summed E-state index contributed by atoms with van der Waals surface area (Å²) in [4.78, 5) is 10.8. The Labute approximate surface area is 146 Å². The van der Waals surface area contributed by atoms with Gasteiger partial charge in [-0.05, 0) is 12.1 Å². The van der Waals surface area contributed by atoms with Gasteiger partial charge in [0, 0.05) is 23.3 Å². The highest BCUT2D eigenvalue weighted by Crippen LogP contribution is 2.40. The molecule has 2 heterocycles. The second-order valence-electron chi connectivity index (χ2n) is 5.94. The second-order valence-corrected chi connectivity index (χ2v) is 5.94. The van der Waals surface area contributed by atoms with E-state index in [9.17, 15) is 13.6 Å². The predicted octanol–water partition coefficient (Wildman–Crippen LogP) is 3.03. The smallest absolute Gasteiger partial charge is 0.339 e. The molecule has 2 aliphatic rings. The maximum atomic E-state index is 13.8. The summed E-state index contributed by atoms with van der Waals surface area (Å²) in [5, 5.41) is 8.82. The van der Waals surface area contributed by atoms with Crippen molar-refractivity contribution in [2.45, 2.75) is 18.7 Å². The van der Waals surface area contributed by atoms with Crippen LogP contribution in [0.3, 0.4) is 0 Å². The lowest BCUT2D eigenvalue weighted by molar-refractivity contribution is -0.143. The van der Waals surface area contributed by atoms with E-state index in [1.165, 1.54) is 12.1 Å². The standard InChI is InChI=1S/C18H14F2O6/c19-10-3-9(17-15(4-10)25-8-26-17)6-23-11-1-2-12-13(16(20)18(21)22)7-24-14(12)5-11/h1-5,13,16H,6-8H2,(H,21,22). The van der Waals surface area contributed by atoms with Gasteiger partial charge in [0.05, 0.1) is 12.5 Å². The zero-order valence-corrected chi connectivity index (χ0v) is 13.4. The number of fused-ring (bicyclic) bond motifs is 2. The largest absolute Gasteiger partial charge is 0.492 e. The first kappa shape index (κ1) is 16.4. The highest BCUT2D eigenvalue weighted by Gasteiger charge is 2.36. The molecule has 0 fully saturated rings. The third-order valence-corrected chi connectivity index (χ3v) is 4.30. The predicted molar refractivity (Wildman–Crippen MR) is 84.1 cm³/mol. The van der Waals surface area contributed by atoms with Crippen LogP contribution in [-0.4, -0.2) is 30.6 Å². The molecule has 2 aromatic carbocycles. The lowest BCUT2D eigenvalue weighted by Gasteiger charge is -2.12. The van der Waals surface area contributed by atoms with Crippen LogP contribution in [0.4, 0.5) is 8.78 Å². The molecule has 0 aliphatic carbocycles. The quantitative estimate of drug-likeness (QED) is 0.879. The monoisotopic (exact) mass is 364 g/mol. The number of benzene rings is 2. The van der Waals surface area contributed by atoms with Gasteiger partial charge in [-0.1, -0.05) is 6.07 Å². The molecule has 0 aromatic heterocycles. The molecule has 0 saturated heterocycles. The van der Waals surface area contributed by atoms with Crippen molar-refractivity contribution in [3.63, 3.8) is 0 Å². The van der Waals surface area contributed by atoms with E-state index < -0.39 is 23.9 Å². The van der Waals surface area contributed by atoms with Gasteiger partial charge < -0.3 is 24.1 Å². The Morgan fingerprint density at radius 1 is 1.23 bits per heavy atom. The molecule has 136 valence electrons. The maximum absolute atomic E-state index is 13.8. The molecule has 6 nitrogen and oxygen atoms in total. The number of rotatable bonds is 5. The lowest BCUT2D eigenvalue weighted by atomic mass is 9.96. The molecule has 2 aromatic rings. The van der Waals surface area contributed by atoms with Crippen LogP contribution < -0.4 is 18.9 Å². The summed E-state index contributed by atoms with van der Waals surface area (Å²) in [5.41, 5.74) is 0.974. The van der Waals surface area contributed by atoms with Crippen LogP contribution in [0.2, 0.25) is 0 Å². The highest BCUT2D eigenvalue weighted by atomic mass is 19.1. The van der Waals surface area contributed by atoms with Crippen molar-refractivity contribution in [2.24, 2.45) is 0 Å². The molecule has 0 spiro atoms. The van der Waals surface area contributed by atoms with Crippen LogP contribution in [-0.2, 0) is 11.4 Å². The zero-order valence-electron chi connectivity index (χ0n) is 13.4. The summed E-state index contributed by atoms with van der Waals surface area (Å²) in [6, 6.07) is 7.26. The van der Waals surface area contributed by atoms with Crippen molar-refractivity contribution >= 4 is 5.97 Å². The first-order valence-electron chi connectivity index (χ1n) is 7.87. The maximum Gasteiger partial charge on any atom is 0.339 e. The van der Waals surface area contributed by atoms with Gasteiger partial charge in [0.25, 0.3) is 0 Å². The second kappa shape index (κ2) is 6.36. The summed E-state index contributed by atoms with van der Waals surface area (Å²) in [7, 11) is 0. The van der Waals surface area contributed by atoms with Crippen LogP contribution in [0, 0.1) is 5.82 Å². The minimum absolute atomic E-state index is 0.0217. The van der Waals surface area contributed by atoms with Gasteiger partial charge in [0.2, 0.25) is 13.0 Å². The van der Waals surface area contributed by atoms with Gasteiger partial charge in [0.1, 0.15) is 23.9 Å². The van der Waals surface area contributed by atoms with Crippen molar-refractivity contribution in [3.05, 3.63) is 47.3 Å². The minimum atomic E-state index is -2.03. The number of carboxylic acids is 1. The van der Waals surface area contributed by atoms with Gasteiger partial charge in [-0.3, -0.25) is 0 Å². The SMILES string of the molecule is O=C(O)C(F)C1COc2cc(OCc3cc(F)cc4c3OCO4)ccc21. The van der Waals surface area contributed by atoms with Gasteiger partial charge in [-0.2, -0.15) is 0 Å². The van der Waals surface area contributed by atoms with E-state index in [1.807, 2.05) is 0 Å². The molecule has 0 radical (unpaired) electrons. The van der Waals surface area contributed by atoms with E-state index in [2.05, 4.69) is 0 Å². The Kier molecular flexibility index (Phi) is 4.02. The summed E-state index contributed by atoms with van der Waals surface area (Å²) in [6.07, 6.45) is -2.03. The Bertz CT molecular complexity index is 869. The van der Waals surface area contributed by atoms with E-state index in [0.717, 1.165) is 0 Å². The third-order valence-electron chi connectivity index (χ3n) is 4.30. The molecule has 0 saturated carbocycles. The summed E-state index contributed by atoms with van der Waals surface area (Å²) in [6.45, 7) is 0.00913. The number of aliphatic carboxylic acids is 1. The summed E-state index contributed by atoms with van der Waals surface area (Å²) >= 11 is 0. The first-order valence-corrected chi connectivity index (χ1v) is 7.87. The average molecular weight is 364 g/mol. The number of carbonyl (C=O) groups is 1. The van der Waals surface area contributed by atoms with Crippen LogP contribution in [0.1, 0.15) is 17.0 Å². The van der Waals surface area contributed by atoms with Crippen molar-refractivity contribution in [1.82, 2.24) is 0 Å². The lowest BCUT2D eigenvalue weighted by Crippen LogP contribution is -2.24. The Morgan fingerprint density at radius 2 is 2.08 bits per heavy atom. The summed E-state index contributed by atoms with van der Waals surface area (Å²) in [5.74, 6) is -1.28. The Balaban J connectivity index is 1.50. The fraction of sp³-hybridized carbons (Fsp3) is 0.278. The van der Waals surface area contributed by atoms with Crippen LogP contribution in [0.5, 0.6) is 23.0 Å². The highest BCUT2D eigenvalue weighted by molar-refractivity contribution is 5.74. The van der Waals surface area contributed by atoms with Crippen molar-refractivity contribution < 1.29 is 37.6 Å². The van der Waals surface area contributed by atoms with Crippen molar-refractivity contribution in [1.29, 1.82) is 0 Å². The number of ether oxygens (including phenoxy) is 4. The molecular weight excluding hydrogens is 350 g/mol. The van der Waals surface area contributed by atoms with Crippen LogP contribution in [0.15, 0.2) is 30.3 Å². The van der Waals surface area contributed by atoms with E-state index in [4.69, 9.17) is 24.1 Å². The molecule has 2 atom stereocenters. The van der Waals surface area contributed by atoms with Crippen molar-refractivity contribution in [3.8, 4) is 23.0 Å². The average Bonchev–Trinajstić information content (AvgIpc) is 3.24. The van der Waals surface area contributed by atoms with E-state index in [-0.39, 0.29) is 20.0 Å². The Morgan fingerprint density at radius 3 is 2.88 bits per heavy atom. The third kappa shape index (κ3) is 2.87. The van der Waals surface area contributed by atoms with Crippen LogP contribution in [0.25, 0.3) is 0 Å². The normalized spacial score (nSPS) is 18.2. The van der Waals surface area contributed by atoms with E-state index in [0.29, 0.717) is 34.1 Å². The van der Waals surface area contributed by atoms with Crippen LogP contribution >= 0.6 is 0 Å². The Hall–Kier alpha value is -3.03. The molecule has 2 unspecified atom stereocenters. The molecule has 26 heavy (non-hydrogen) atoms.